The zero-order valence-electron chi connectivity index (χ0n) is 11.9. The Bertz CT molecular complexity index is 623. The van der Waals surface area contributed by atoms with Gasteiger partial charge >= 0.3 is 0 Å². The zero-order chi connectivity index (χ0) is 14.5. The molecule has 0 aliphatic rings. The molecule has 2 aromatic rings. The Balaban J connectivity index is 1.96. The van der Waals surface area contributed by atoms with E-state index >= 15 is 0 Å². The molecule has 0 aromatic heterocycles. The summed E-state index contributed by atoms with van der Waals surface area (Å²) in [5.74, 6) is 0. The van der Waals surface area contributed by atoms with Crippen molar-refractivity contribution in [2.75, 3.05) is 10.7 Å². The van der Waals surface area contributed by atoms with Gasteiger partial charge in [0, 0.05) is 5.69 Å². The van der Waals surface area contributed by atoms with Crippen molar-refractivity contribution >= 4 is 28.7 Å². The summed E-state index contributed by atoms with van der Waals surface area (Å²) in [5, 5.41) is 3.74. The van der Waals surface area contributed by atoms with E-state index in [2.05, 4.69) is 48.2 Å². The molecule has 4 heteroatoms. The van der Waals surface area contributed by atoms with Gasteiger partial charge in [-0.3, -0.25) is 10.9 Å². The van der Waals surface area contributed by atoms with E-state index in [1.807, 2.05) is 31.2 Å². The van der Waals surface area contributed by atoms with E-state index in [4.69, 9.17) is 12.2 Å². The van der Waals surface area contributed by atoms with Crippen LogP contribution in [-0.4, -0.2) is 5.11 Å². The van der Waals surface area contributed by atoms with Crippen LogP contribution in [0.4, 0.5) is 11.4 Å². The van der Waals surface area contributed by atoms with Crippen molar-refractivity contribution in [3.8, 4) is 0 Å². The Morgan fingerprint density at radius 1 is 0.900 bits per heavy atom. The highest BCUT2D eigenvalue weighted by Crippen LogP contribution is 2.16. The summed E-state index contributed by atoms with van der Waals surface area (Å²) >= 11 is 5.30. The van der Waals surface area contributed by atoms with Gasteiger partial charge in [-0.05, 0) is 61.8 Å². The number of hydrazine groups is 1. The number of benzene rings is 2. The van der Waals surface area contributed by atoms with Crippen molar-refractivity contribution in [2.24, 2.45) is 0 Å². The summed E-state index contributed by atoms with van der Waals surface area (Å²) < 4.78 is 0. The number of para-hydroxylation sites is 1. The van der Waals surface area contributed by atoms with Gasteiger partial charge in [-0.25, -0.2) is 0 Å². The van der Waals surface area contributed by atoms with Crippen molar-refractivity contribution in [3.63, 3.8) is 0 Å². The Kier molecular flexibility index (Phi) is 4.58. The third-order valence-electron chi connectivity index (χ3n) is 3.10. The maximum Gasteiger partial charge on any atom is 0.189 e. The molecule has 0 amide bonds. The van der Waals surface area contributed by atoms with Crippen LogP contribution in [0.15, 0.2) is 42.5 Å². The van der Waals surface area contributed by atoms with E-state index in [-0.39, 0.29) is 0 Å². The molecule has 0 unspecified atom stereocenters. The molecule has 0 saturated carbocycles. The molecule has 0 bridgehead atoms. The lowest BCUT2D eigenvalue weighted by Crippen LogP contribution is -2.33. The lowest BCUT2D eigenvalue weighted by molar-refractivity contribution is 1.13. The highest BCUT2D eigenvalue weighted by Gasteiger charge is 2.02. The zero-order valence-corrected chi connectivity index (χ0v) is 12.8. The maximum absolute atomic E-state index is 5.30. The van der Waals surface area contributed by atoms with Gasteiger partial charge in [-0.2, -0.15) is 0 Å². The smallest absolute Gasteiger partial charge is 0.189 e. The van der Waals surface area contributed by atoms with Crippen LogP contribution in [-0.2, 0) is 0 Å². The van der Waals surface area contributed by atoms with Crippen LogP contribution in [0, 0.1) is 20.8 Å². The topological polar surface area (TPSA) is 36.1 Å². The highest BCUT2D eigenvalue weighted by atomic mass is 32.1. The van der Waals surface area contributed by atoms with Gasteiger partial charge in [0.15, 0.2) is 5.11 Å². The fourth-order valence-electron chi connectivity index (χ4n) is 1.86. The van der Waals surface area contributed by atoms with E-state index in [0.717, 1.165) is 22.5 Å². The van der Waals surface area contributed by atoms with E-state index in [1.54, 1.807) is 0 Å². The van der Waals surface area contributed by atoms with Crippen molar-refractivity contribution in [3.05, 3.63) is 59.2 Å². The molecular formula is C16H19N3S. The SMILES string of the molecule is Cc1ccc(C)c(NC(=S)NNc2ccccc2C)c1. The van der Waals surface area contributed by atoms with Gasteiger partial charge in [0.1, 0.15) is 0 Å². The number of hydrogen-bond donors (Lipinski definition) is 3. The van der Waals surface area contributed by atoms with Gasteiger partial charge in [-0.1, -0.05) is 30.3 Å². The third kappa shape index (κ3) is 3.71. The van der Waals surface area contributed by atoms with Crippen LogP contribution in [0.1, 0.15) is 16.7 Å². The average Bonchev–Trinajstić information content (AvgIpc) is 2.42. The van der Waals surface area contributed by atoms with E-state index in [1.165, 1.54) is 5.56 Å². The van der Waals surface area contributed by atoms with Gasteiger partial charge in [0.25, 0.3) is 0 Å². The molecule has 3 nitrogen and oxygen atoms in total. The highest BCUT2D eigenvalue weighted by molar-refractivity contribution is 7.80. The third-order valence-corrected chi connectivity index (χ3v) is 3.30. The number of rotatable bonds is 3. The Morgan fingerprint density at radius 2 is 1.60 bits per heavy atom. The molecule has 0 aliphatic heterocycles. The first-order chi connectivity index (χ1) is 9.56. The summed E-state index contributed by atoms with van der Waals surface area (Å²) in [6.07, 6.45) is 0. The molecule has 0 radical (unpaired) electrons. The molecule has 20 heavy (non-hydrogen) atoms. The first-order valence-electron chi connectivity index (χ1n) is 6.52. The van der Waals surface area contributed by atoms with Crippen LogP contribution < -0.4 is 16.2 Å². The van der Waals surface area contributed by atoms with Crippen molar-refractivity contribution in [2.45, 2.75) is 20.8 Å². The summed E-state index contributed by atoms with van der Waals surface area (Å²) in [6, 6.07) is 14.3. The minimum atomic E-state index is 0.543. The van der Waals surface area contributed by atoms with Crippen LogP contribution in [0.25, 0.3) is 0 Å². The first-order valence-corrected chi connectivity index (χ1v) is 6.93. The monoisotopic (exact) mass is 285 g/mol. The van der Waals surface area contributed by atoms with Crippen LogP contribution in [0.5, 0.6) is 0 Å². The van der Waals surface area contributed by atoms with Crippen LogP contribution in [0.2, 0.25) is 0 Å². The predicted molar refractivity (Wildman–Crippen MR) is 90.1 cm³/mol. The second kappa shape index (κ2) is 6.39. The summed E-state index contributed by atoms with van der Waals surface area (Å²) in [4.78, 5) is 0. The van der Waals surface area contributed by atoms with Gasteiger partial charge in [-0.15, -0.1) is 0 Å². The lowest BCUT2D eigenvalue weighted by atomic mass is 10.1. The van der Waals surface area contributed by atoms with E-state index < -0.39 is 0 Å². The average molecular weight is 285 g/mol. The second-order valence-corrected chi connectivity index (χ2v) is 5.25. The molecule has 0 fully saturated rings. The van der Waals surface area contributed by atoms with E-state index in [0.29, 0.717) is 5.11 Å². The Hall–Kier alpha value is -2.07. The molecular weight excluding hydrogens is 266 g/mol. The molecule has 2 aromatic carbocycles. The minimum Gasteiger partial charge on any atom is -0.331 e. The van der Waals surface area contributed by atoms with Gasteiger partial charge in [0.05, 0.1) is 5.69 Å². The molecule has 0 spiro atoms. The minimum absolute atomic E-state index is 0.543. The maximum atomic E-state index is 5.30. The molecule has 2 rings (SSSR count). The lowest BCUT2D eigenvalue weighted by Gasteiger charge is -2.15. The number of nitrogens with one attached hydrogen (secondary N) is 3. The fourth-order valence-corrected chi connectivity index (χ4v) is 2.02. The van der Waals surface area contributed by atoms with Gasteiger partial charge < -0.3 is 5.32 Å². The number of thiocarbonyl (C=S) groups is 1. The normalized spacial score (nSPS) is 9.95. The van der Waals surface area contributed by atoms with Crippen molar-refractivity contribution in [1.29, 1.82) is 0 Å². The molecule has 0 saturated heterocycles. The molecule has 104 valence electrons. The summed E-state index contributed by atoms with van der Waals surface area (Å²) in [5.41, 5.74) is 11.7. The van der Waals surface area contributed by atoms with Crippen LogP contribution >= 0.6 is 12.2 Å². The summed E-state index contributed by atoms with van der Waals surface area (Å²) in [7, 11) is 0. The number of hydrogen-bond acceptors (Lipinski definition) is 2. The first kappa shape index (κ1) is 14.3. The molecule has 0 heterocycles. The fraction of sp³-hybridized carbons (Fsp3) is 0.188. The van der Waals surface area contributed by atoms with Crippen LogP contribution in [0.3, 0.4) is 0 Å². The Labute approximate surface area is 125 Å². The molecule has 0 atom stereocenters. The standard InChI is InChI=1S/C16H19N3S/c1-11-8-9-13(3)15(10-11)17-16(20)19-18-14-7-5-4-6-12(14)2/h4-10,18H,1-3H3,(H2,17,19,20). The van der Waals surface area contributed by atoms with E-state index in [9.17, 15) is 0 Å². The number of anilines is 2. The largest absolute Gasteiger partial charge is 0.331 e. The quantitative estimate of drug-likeness (QED) is 0.590. The number of aryl methyl sites for hydroxylation is 3. The predicted octanol–water partition coefficient (Wildman–Crippen LogP) is 3.93. The Morgan fingerprint density at radius 3 is 2.35 bits per heavy atom. The second-order valence-electron chi connectivity index (χ2n) is 4.84. The molecule has 0 aliphatic carbocycles. The summed E-state index contributed by atoms with van der Waals surface area (Å²) in [6.45, 7) is 6.16. The molecule has 3 N–H and O–H groups in total. The van der Waals surface area contributed by atoms with Crippen molar-refractivity contribution in [1.82, 2.24) is 5.43 Å². The van der Waals surface area contributed by atoms with Gasteiger partial charge in [0.2, 0.25) is 0 Å². The van der Waals surface area contributed by atoms with Crippen molar-refractivity contribution < 1.29 is 0 Å².